The first kappa shape index (κ1) is 22.7. The number of nitrogens with one attached hydrogen (secondary N) is 2. The lowest BCUT2D eigenvalue weighted by Gasteiger charge is -2.18. The predicted octanol–water partition coefficient (Wildman–Crippen LogP) is 5.25. The molecule has 3 rings (SSSR count). The first-order valence-electron chi connectivity index (χ1n) is 9.70. The van der Waals surface area contributed by atoms with E-state index in [4.69, 9.17) is 16.3 Å². The summed E-state index contributed by atoms with van der Waals surface area (Å²) in [4.78, 5) is 12.7. The summed E-state index contributed by atoms with van der Waals surface area (Å²) in [6.45, 7) is 3.78. The fourth-order valence-electron chi connectivity index (χ4n) is 2.84. The number of halogens is 1. The van der Waals surface area contributed by atoms with Gasteiger partial charge in [-0.2, -0.15) is 0 Å². The largest absolute Gasteiger partial charge is 0.480 e. The highest BCUT2D eigenvalue weighted by atomic mass is 35.5. The number of sulfonamides is 1. The minimum Gasteiger partial charge on any atom is -0.480 e. The first-order valence-corrected chi connectivity index (χ1v) is 11.6. The topological polar surface area (TPSA) is 84.5 Å². The minimum atomic E-state index is -3.77. The van der Waals surface area contributed by atoms with Crippen molar-refractivity contribution in [3.63, 3.8) is 0 Å². The summed E-state index contributed by atoms with van der Waals surface area (Å²) in [6.07, 6.45) is -0.187. The van der Waals surface area contributed by atoms with Crippen LogP contribution in [0.25, 0.3) is 0 Å². The predicted molar refractivity (Wildman–Crippen MR) is 123 cm³/mol. The molecule has 162 valence electrons. The van der Waals surface area contributed by atoms with E-state index in [0.29, 0.717) is 28.6 Å². The van der Waals surface area contributed by atoms with Gasteiger partial charge in [-0.1, -0.05) is 36.7 Å². The van der Waals surface area contributed by atoms with Gasteiger partial charge >= 0.3 is 0 Å². The van der Waals surface area contributed by atoms with E-state index in [2.05, 4.69) is 10.0 Å². The highest BCUT2D eigenvalue weighted by Crippen LogP contribution is 2.22. The van der Waals surface area contributed by atoms with Gasteiger partial charge in [0.2, 0.25) is 0 Å². The molecule has 0 saturated heterocycles. The van der Waals surface area contributed by atoms with Crippen molar-refractivity contribution in [1.82, 2.24) is 0 Å². The van der Waals surface area contributed by atoms with Gasteiger partial charge in [0, 0.05) is 16.4 Å². The van der Waals surface area contributed by atoms with Crippen molar-refractivity contribution in [2.75, 3.05) is 10.0 Å². The third-order valence-corrected chi connectivity index (χ3v) is 6.20. The van der Waals surface area contributed by atoms with Crippen LogP contribution in [-0.4, -0.2) is 20.4 Å². The number of aryl methyl sites for hydroxylation is 1. The Morgan fingerprint density at radius 1 is 0.968 bits per heavy atom. The van der Waals surface area contributed by atoms with Crippen molar-refractivity contribution in [2.45, 2.75) is 31.3 Å². The second kappa shape index (κ2) is 9.85. The van der Waals surface area contributed by atoms with Gasteiger partial charge in [0.15, 0.2) is 6.10 Å². The third-order valence-electron chi connectivity index (χ3n) is 4.55. The van der Waals surface area contributed by atoms with Crippen LogP contribution in [0.5, 0.6) is 5.75 Å². The number of hydrogen-bond acceptors (Lipinski definition) is 4. The Morgan fingerprint density at radius 2 is 1.58 bits per heavy atom. The number of hydrogen-bond donors (Lipinski definition) is 2. The Balaban J connectivity index is 1.67. The summed E-state index contributed by atoms with van der Waals surface area (Å²) in [5.41, 5.74) is 1.82. The highest BCUT2D eigenvalue weighted by Gasteiger charge is 2.20. The maximum atomic E-state index is 12.6. The van der Waals surface area contributed by atoms with Gasteiger partial charge in [0.25, 0.3) is 15.9 Å². The number of carbonyl (C=O) groups is 1. The molecule has 1 atom stereocenters. The molecular formula is C23H23ClN2O4S. The van der Waals surface area contributed by atoms with Crippen LogP contribution < -0.4 is 14.8 Å². The normalized spacial score (nSPS) is 12.1. The summed E-state index contributed by atoms with van der Waals surface area (Å²) in [6, 6.07) is 19.8. The molecule has 3 aromatic rings. The van der Waals surface area contributed by atoms with Crippen LogP contribution >= 0.6 is 11.6 Å². The standard InChI is InChI=1S/C23H23ClN2O4S/c1-3-21(30-22-7-5-4-6-16(22)2)23(27)25-18-12-14-20(15-13-18)31(28,29)26-19-10-8-17(24)9-11-19/h4-15,21,26H,3H2,1-2H3,(H,25,27)/t21-/m0/s1. The van der Waals surface area contributed by atoms with Crippen LogP contribution in [-0.2, 0) is 14.8 Å². The Bertz CT molecular complexity index is 1150. The number of carbonyl (C=O) groups excluding carboxylic acids is 1. The molecule has 0 aliphatic heterocycles. The summed E-state index contributed by atoms with van der Waals surface area (Å²) in [7, 11) is -3.77. The van der Waals surface area contributed by atoms with Crippen molar-refractivity contribution in [1.29, 1.82) is 0 Å². The lowest BCUT2D eigenvalue weighted by molar-refractivity contribution is -0.122. The Morgan fingerprint density at radius 3 is 2.19 bits per heavy atom. The van der Waals surface area contributed by atoms with Crippen molar-refractivity contribution >= 4 is 38.9 Å². The molecule has 6 nitrogen and oxygen atoms in total. The zero-order valence-corrected chi connectivity index (χ0v) is 18.7. The monoisotopic (exact) mass is 458 g/mol. The first-order chi connectivity index (χ1) is 14.8. The number of rotatable bonds is 8. The number of anilines is 2. The van der Waals surface area contributed by atoms with Crippen molar-refractivity contribution in [3.05, 3.63) is 83.4 Å². The second-order valence-corrected chi connectivity index (χ2v) is 9.03. The number of benzene rings is 3. The summed E-state index contributed by atoms with van der Waals surface area (Å²) >= 11 is 5.82. The molecule has 1 amide bonds. The van der Waals surface area contributed by atoms with E-state index in [1.54, 1.807) is 24.3 Å². The Kier molecular flexibility index (Phi) is 7.20. The summed E-state index contributed by atoms with van der Waals surface area (Å²) in [5, 5.41) is 3.29. The van der Waals surface area contributed by atoms with E-state index in [1.807, 2.05) is 38.1 Å². The molecule has 0 aromatic heterocycles. The Hall–Kier alpha value is -3.03. The molecule has 0 fully saturated rings. The number of para-hydroxylation sites is 1. The van der Waals surface area contributed by atoms with Gasteiger partial charge in [-0.3, -0.25) is 9.52 Å². The number of ether oxygens (including phenoxy) is 1. The molecule has 3 aromatic carbocycles. The van der Waals surface area contributed by atoms with Crippen LogP contribution in [0.3, 0.4) is 0 Å². The smallest absolute Gasteiger partial charge is 0.265 e. The molecule has 0 aliphatic rings. The van der Waals surface area contributed by atoms with Gasteiger partial charge in [-0.25, -0.2) is 8.42 Å². The molecule has 0 heterocycles. The van der Waals surface area contributed by atoms with Gasteiger partial charge in [-0.15, -0.1) is 0 Å². The van der Waals surface area contributed by atoms with Crippen LogP contribution in [0.1, 0.15) is 18.9 Å². The maximum absolute atomic E-state index is 12.6. The van der Waals surface area contributed by atoms with Crippen LogP contribution in [0.2, 0.25) is 5.02 Å². The van der Waals surface area contributed by atoms with E-state index in [-0.39, 0.29) is 10.8 Å². The fraction of sp³-hybridized carbons (Fsp3) is 0.174. The molecule has 0 spiro atoms. The van der Waals surface area contributed by atoms with E-state index in [9.17, 15) is 13.2 Å². The molecule has 2 N–H and O–H groups in total. The SMILES string of the molecule is CC[C@H](Oc1ccccc1C)C(=O)Nc1ccc(S(=O)(=O)Nc2ccc(Cl)cc2)cc1. The average Bonchev–Trinajstić information content (AvgIpc) is 2.75. The van der Waals surface area contributed by atoms with E-state index in [1.165, 1.54) is 24.3 Å². The lowest BCUT2D eigenvalue weighted by Crippen LogP contribution is -2.32. The van der Waals surface area contributed by atoms with Crippen molar-refractivity contribution < 1.29 is 17.9 Å². The maximum Gasteiger partial charge on any atom is 0.265 e. The minimum absolute atomic E-state index is 0.0728. The molecule has 0 unspecified atom stereocenters. The zero-order chi connectivity index (χ0) is 22.4. The Labute approximate surface area is 187 Å². The zero-order valence-electron chi connectivity index (χ0n) is 17.1. The molecule has 31 heavy (non-hydrogen) atoms. The molecule has 0 saturated carbocycles. The van der Waals surface area contributed by atoms with E-state index in [0.717, 1.165) is 5.56 Å². The molecule has 8 heteroatoms. The summed E-state index contributed by atoms with van der Waals surface area (Å²) in [5.74, 6) is 0.347. The average molecular weight is 459 g/mol. The van der Waals surface area contributed by atoms with Gasteiger partial charge < -0.3 is 10.1 Å². The third kappa shape index (κ3) is 5.99. The van der Waals surface area contributed by atoms with Crippen molar-refractivity contribution in [2.24, 2.45) is 0 Å². The van der Waals surface area contributed by atoms with Gasteiger partial charge in [0.1, 0.15) is 5.75 Å². The van der Waals surface area contributed by atoms with E-state index >= 15 is 0 Å². The molecule has 0 aliphatic carbocycles. The van der Waals surface area contributed by atoms with Crippen LogP contribution in [0.15, 0.2) is 77.7 Å². The second-order valence-electron chi connectivity index (χ2n) is 6.91. The van der Waals surface area contributed by atoms with Crippen molar-refractivity contribution in [3.8, 4) is 5.75 Å². The van der Waals surface area contributed by atoms with Crippen LogP contribution in [0.4, 0.5) is 11.4 Å². The highest BCUT2D eigenvalue weighted by molar-refractivity contribution is 7.92. The van der Waals surface area contributed by atoms with Gasteiger partial charge in [-0.05, 0) is 73.5 Å². The molecule has 0 radical (unpaired) electrons. The molecule has 0 bridgehead atoms. The fourth-order valence-corrected chi connectivity index (χ4v) is 4.02. The van der Waals surface area contributed by atoms with E-state index < -0.39 is 16.1 Å². The molecular weight excluding hydrogens is 436 g/mol. The lowest BCUT2D eigenvalue weighted by atomic mass is 10.2. The van der Waals surface area contributed by atoms with Gasteiger partial charge in [0.05, 0.1) is 4.90 Å². The van der Waals surface area contributed by atoms with Crippen LogP contribution in [0, 0.1) is 6.92 Å². The number of amides is 1. The quantitative estimate of drug-likeness (QED) is 0.483. The summed E-state index contributed by atoms with van der Waals surface area (Å²) < 4.78 is 33.5.